The van der Waals surface area contributed by atoms with Crippen LogP contribution in [0.3, 0.4) is 0 Å². The van der Waals surface area contributed by atoms with Crippen LogP contribution in [0.1, 0.15) is 24.6 Å². The van der Waals surface area contributed by atoms with Crippen LogP contribution in [0.5, 0.6) is 0 Å². The summed E-state index contributed by atoms with van der Waals surface area (Å²) in [6.45, 7) is 0.818. The Morgan fingerprint density at radius 1 is 1.36 bits per heavy atom. The molecule has 25 heavy (non-hydrogen) atoms. The number of halogens is 2. The van der Waals surface area contributed by atoms with Crippen molar-refractivity contribution in [1.82, 2.24) is 24.2 Å². The maximum absolute atomic E-state index is 12.4. The Labute approximate surface area is 156 Å². The van der Waals surface area contributed by atoms with Crippen molar-refractivity contribution in [1.29, 1.82) is 0 Å². The van der Waals surface area contributed by atoms with Crippen molar-refractivity contribution in [2.24, 2.45) is 0 Å². The minimum Gasteiger partial charge on any atom is -0.465 e. The second-order valence-electron chi connectivity index (χ2n) is 6.33. The molecule has 2 amide bonds. The fourth-order valence-electron chi connectivity index (χ4n) is 3.72. The third kappa shape index (κ3) is 2.75. The van der Waals surface area contributed by atoms with Gasteiger partial charge in [0.1, 0.15) is 22.5 Å². The molecule has 1 N–H and O–H groups in total. The Morgan fingerprint density at radius 3 is 2.92 bits per heavy atom. The van der Waals surface area contributed by atoms with Crippen molar-refractivity contribution in [3.8, 4) is 0 Å². The first kappa shape index (κ1) is 16.6. The zero-order valence-electron chi connectivity index (χ0n) is 13.1. The van der Waals surface area contributed by atoms with E-state index in [1.165, 1.54) is 4.90 Å². The molecule has 2 unspecified atom stereocenters. The molecular formula is C15H15BrClN5O3. The van der Waals surface area contributed by atoms with E-state index in [1.807, 2.05) is 10.6 Å². The fraction of sp³-hybridized carbons (Fsp3) is 0.467. The van der Waals surface area contributed by atoms with Crippen LogP contribution in [0.15, 0.2) is 17.0 Å². The summed E-state index contributed by atoms with van der Waals surface area (Å²) in [6.07, 6.45) is 3.96. The third-order valence-electron chi connectivity index (χ3n) is 4.91. The van der Waals surface area contributed by atoms with Crippen LogP contribution in [-0.2, 0) is 4.79 Å². The molecule has 2 atom stereocenters. The van der Waals surface area contributed by atoms with Gasteiger partial charge in [0.05, 0.1) is 0 Å². The van der Waals surface area contributed by atoms with E-state index in [0.717, 1.165) is 18.7 Å². The number of carboxylic acid groups (broad SMARTS) is 1. The summed E-state index contributed by atoms with van der Waals surface area (Å²) in [7, 11) is 0. The molecule has 2 aromatic rings. The topological polar surface area (TPSA) is 91.0 Å². The molecule has 2 fully saturated rings. The van der Waals surface area contributed by atoms with Gasteiger partial charge in [-0.2, -0.15) is 0 Å². The van der Waals surface area contributed by atoms with Crippen molar-refractivity contribution in [2.45, 2.75) is 24.8 Å². The minimum atomic E-state index is -1.04. The number of rotatable bonds is 1. The zero-order chi connectivity index (χ0) is 17.7. The van der Waals surface area contributed by atoms with Crippen LogP contribution in [0.25, 0.3) is 5.52 Å². The number of hydrogen-bond acceptors (Lipinski definition) is 4. The van der Waals surface area contributed by atoms with Gasteiger partial charge in [-0.1, -0.05) is 11.6 Å². The highest BCUT2D eigenvalue weighted by Gasteiger charge is 2.40. The van der Waals surface area contributed by atoms with E-state index < -0.39 is 6.09 Å². The molecule has 0 bridgehead atoms. The molecule has 132 valence electrons. The smallest absolute Gasteiger partial charge is 0.407 e. The standard InChI is InChI=1S/C15H15BrClN5O3/c16-12-11-13(17)18-3-4-21(11)14(19-12)8-1-2-9-6-20(15(24)25)7-10(23)22(9)5-8/h3-4,8-9H,1-2,5-7H2,(H,24,25). The molecule has 2 aromatic heterocycles. The van der Waals surface area contributed by atoms with Crippen LogP contribution in [0.2, 0.25) is 5.15 Å². The highest BCUT2D eigenvalue weighted by molar-refractivity contribution is 9.10. The van der Waals surface area contributed by atoms with Crippen molar-refractivity contribution in [3.63, 3.8) is 0 Å². The lowest BCUT2D eigenvalue weighted by Gasteiger charge is -2.45. The minimum absolute atomic E-state index is 0.0616. The number of fused-ring (bicyclic) bond motifs is 2. The average Bonchev–Trinajstić information content (AvgIpc) is 2.92. The lowest BCUT2D eigenvalue weighted by atomic mass is 9.90. The van der Waals surface area contributed by atoms with Crippen molar-refractivity contribution in [2.75, 3.05) is 19.6 Å². The monoisotopic (exact) mass is 427 g/mol. The van der Waals surface area contributed by atoms with Crippen molar-refractivity contribution < 1.29 is 14.7 Å². The summed E-state index contributed by atoms with van der Waals surface area (Å²) in [5.41, 5.74) is 0.711. The summed E-state index contributed by atoms with van der Waals surface area (Å²) in [5, 5.41) is 9.51. The quantitative estimate of drug-likeness (QED) is 0.752. The van der Waals surface area contributed by atoms with Gasteiger partial charge in [0, 0.05) is 37.4 Å². The van der Waals surface area contributed by atoms with E-state index in [0.29, 0.717) is 28.4 Å². The van der Waals surface area contributed by atoms with Crippen LogP contribution in [0.4, 0.5) is 4.79 Å². The van der Waals surface area contributed by atoms with E-state index in [2.05, 4.69) is 25.9 Å². The highest BCUT2D eigenvalue weighted by atomic mass is 79.9. The molecule has 4 heterocycles. The second kappa shape index (κ2) is 6.14. The lowest BCUT2D eigenvalue weighted by molar-refractivity contribution is -0.141. The molecular weight excluding hydrogens is 414 g/mol. The first-order valence-electron chi connectivity index (χ1n) is 7.91. The Balaban J connectivity index is 1.62. The second-order valence-corrected chi connectivity index (χ2v) is 7.44. The molecule has 0 radical (unpaired) electrons. The van der Waals surface area contributed by atoms with Crippen molar-refractivity contribution >= 4 is 45.0 Å². The predicted octanol–water partition coefficient (Wildman–Crippen LogP) is 2.21. The predicted molar refractivity (Wildman–Crippen MR) is 92.8 cm³/mol. The first-order valence-corrected chi connectivity index (χ1v) is 9.08. The highest BCUT2D eigenvalue weighted by Crippen LogP contribution is 2.34. The van der Waals surface area contributed by atoms with E-state index in [1.54, 1.807) is 11.1 Å². The number of hydrogen-bond donors (Lipinski definition) is 1. The summed E-state index contributed by atoms with van der Waals surface area (Å²) >= 11 is 9.60. The summed E-state index contributed by atoms with van der Waals surface area (Å²) < 4.78 is 2.53. The number of carbonyl (C=O) groups is 2. The molecule has 8 nitrogen and oxygen atoms in total. The number of amides is 2. The van der Waals surface area contributed by atoms with Gasteiger partial charge in [-0.25, -0.2) is 14.8 Å². The van der Waals surface area contributed by atoms with Crippen LogP contribution in [0, 0.1) is 0 Å². The Morgan fingerprint density at radius 2 is 2.16 bits per heavy atom. The summed E-state index contributed by atoms with van der Waals surface area (Å²) in [6, 6.07) is -0.0616. The average molecular weight is 429 g/mol. The molecule has 2 saturated heterocycles. The summed E-state index contributed by atoms with van der Waals surface area (Å²) in [5.74, 6) is 0.745. The van der Waals surface area contributed by atoms with Gasteiger partial charge < -0.3 is 10.0 Å². The molecule has 2 aliphatic rings. The number of piperazine rings is 1. The molecule has 0 saturated carbocycles. The Bertz CT molecular complexity index is 872. The van der Waals surface area contributed by atoms with Crippen LogP contribution >= 0.6 is 27.5 Å². The van der Waals surface area contributed by atoms with Gasteiger partial charge in [-0.15, -0.1) is 0 Å². The number of nitrogens with zero attached hydrogens (tertiary/aromatic N) is 5. The Hall–Kier alpha value is -1.87. The van der Waals surface area contributed by atoms with Gasteiger partial charge in [-0.05, 0) is 28.8 Å². The van der Waals surface area contributed by atoms with E-state index in [4.69, 9.17) is 16.7 Å². The van der Waals surface area contributed by atoms with Crippen LogP contribution < -0.4 is 0 Å². The molecule has 0 spiro atoms. The zero-order valence-corrected chi connectivity index (χ0v) is 15.4. The molecule has 4 rings (SSSR count). The van der Waals surface area contributed by atoms with Gasteiger partial charge >= 0.3 is 6.09 Å². The summed E-state index contributed by atoms with van der Waals surface area (Å²) in [4.78, 5) is 35.2. The molecule has 0 aromatic carbocycles. The largest absolute Gasteiger partial charge is 0.465 e. The van der Waals surface area contributed by atoms with E-state index in [-0.39, 0.29) is 24.4 Å². The lowest BCUT2D eigenvalue weighted by Crippen LogP contribution is -2.60. The first-order chi connectivity index (χ1) is 12.0. The number of imidazole rings is 1. The number of piperidine rings is 1. The van der Waals surface area contributed by atoms with Gasteiger partial charge in [0.2, 0.25) is 5.91 Å². The fourth-order valence-corrected chi connectivity index (χ4v) is 4.63. The maximum atomic E-state index is 12.4. The Kier molecular flexibility index (Phi) is 4.07. The molecule has 10 heteroatoms. The number of aromatic nitrogens is 3. The van der Waals surface area contributed by atoms with Gasteiger partial charge in [-0.3, -0.25) is 14.1 Å². The molecule has 0 aliphatic carbocycles. The maximum Gasteiger partial charge on any atom is 0.407 e. The van der Waals surface area contributed by atoms with E-state index >= 15 is 0 Å². The number of carbonyl (C=O) groups excluding carboxylic acids is 1. The van der Waals surface area contributed by atoms with Crippen LogP contribution in [-0.4, -0.2) is 67.0 Å². The SMILES string of the molecule is O=C(O)N1CC(=O)N2CC(c3nc(Br)c4c(Cl)nccn34)CCC2C1. The van der Waals surface area contributed by atoms with E-state index in [9.17, 15) is 9.59 Å². The molecule has 2 aliphatic heterocycles. The van der Waals surface area contributed by atoms with Gasteiger partial charge in [0.25, 0.3) is 0 Å². The normalized spacial score (nSPS) is 23.8. The third-order valence-corrected chi connectivity index (χ3v) is 5.74. The van der Waals surface area contributed by atoms with Crippen molar-refractivity contribution in [3.05, 3.63) is 28.0 Å². The van der Waals surface area contributed by atoms with Gasteiger partial charge in [0.15, 0.2) is 5.15 Å².